The number of aromatic nitrogens is 2. The van der Waals surface area contributed by atoms with Gasteiger partial charge in [-0.05, 0) is 36.5 Å². The van der Waals surface area contributed by atoms with Gasteiger partial charge >= 0.3 is 18.3 Å². The Balaban J connectivity index is 2.01. The molecule has 0 N–H and O–H groups in total. The van der Waals surface area contributed by atoms with Gasteiger partial charge in [0.1, 0.15) is 0 Å². The first-order valence-corrected chi connectivity index (χ1v) is 9.14. The third-order valence-electron chi connectivity index (χ3n) is 5.38. The van der Waals surface area contributed by atoms with E-state index in [1.165, 1.54) is 13.2 Å². The van der Waals surface area contributed by atoms with Crippen molar-refractivity contribution in [3.63, 3.8) is 0 Å². The molecule has 31 heavy (non-hydrogen) atoms. The quantitative estimate of drug-likeness (QED) is 0.504. The molecule has 2 aliphatic rings. The van der Waals surface area contributed by atoms with Gasteiger partial charge in [-0.2, -0.15) is 31.4 Å². The molecule has 0 saturated heterocycles. The summed E-state index contributed by atoms with van der Waals surface area (Å²) < 4.78 is 86.5. The van der Waals surface area contributed by atoms with Crippen molar-refractivity contribution in [3.8, 4) is 0 Å². The fraction of sp³-hybridized carbons (Fsp3) is 0.526. The molecule has 0 spiro atoms. The summed E-state index contributed by atoms with van der Waals surface area (Å²) in [5.74, 6) is -0.895. The van der Waals surface area contributed by atoms with Crippen LogP contribution in [0.25, 0.3) is 0 Å². The van der Waals surface area contributed by atoms with Crippen LogP contribution in [-0.2, 0) is 33.2 Å². The summed E-state index contributed by atoms with van der Waals surface area (Å²) in [6.07, 6.45) is -9.11. The van der Waals surface area contributed by atoms with E-state index in [1.54, 1.807) is 13.8 Å². The van der Waals surface area contributed by atoms with Crippen molar-refractivity contribution in [1.29, 1.82) is 0 Å². The number of halogens is 6. The first kappa shape index (κ1) is 22.9. The van der Waals surface area contributed by atoms with Crippen molar-refractivity contribution in [2.24, 2.45) is 18.1 Å². The average Bonchev–Trinajstić information content (AvgIpc) is 3.25. The molecule has 6 nitrogen and oxygen atoms in total. The molecule has 0 saturated carbocycles. The molecular formula is C19H19F6N3O3. The van der Waals surface area contributed by atoms with Crippen LogP contribution in [0.5, 0.6) is 0 Å². The van der Waals surface area contributed by atoms with Gasteiger partial charge in [-0.1, -0.05) is 18.2 Å². The molecule has 2 unspecified atom stereocenters. The van der Waals surface area contributed by atoms with Gasteiger partial charge in [-0.3, -0.25) is 4.68 Å². The number of aryl methyl sites for hydroxylation is 1. The predicted molar refractivity (Wildman–Crippen MR) is 95.7 cm³/mol. The Hall–Kier alpha value is -2.79. The molecule has 1 aliphatic carbocycles. The third-order valence-corrected chi connectivity index (χ3v) is 5.38. The van der Waals surface area contributed by atoms with E-state index in [1.807, 2.05) is 0 Å². The van der Waals surface area contributed by atoms with E-state index < -0.39 is 41.7 Å². The Labute approximate surface area is 173 Å². The van der Waals surface area contributed by atoms with Crippen molar-refractivity contribution in [1.82, 2.24) is 9.78 Å². The average molecular weight is 451 g/mol. The van der Waals surface area contributed by atoms with E-state index >= 15 is 0 Å². The van der Waals surface area contributed by atoms with Crippen molar-refractivity contribution in [3.05, 3.63) is 40.2 Å². The highest BCUT2D eigenvalue weighted by Crippen LogP contribution is 2.50. The number of allylic oxidation sites excluding steroid dienone is 3. The van der Waals surface area contributed by atoms with Gasteiger partial charge in [0, 0.05) is 12.6 Å². The van der Waals surface area contributed by atoms with Crippen LogP contribution in [0.4, 0.5) is 26.3 Å². The number of methoxy groups -OCH3 is 1. The number of rotatable bonds is 3. The van der Waals surface area contributed by atoms with Gasteiger partial charge in [0.05, 0.1) is 24.9 Å². The Bertz CT molecular complexity index is 1000. The Morgan fingerprint density at radius 2 is 1.94 bits per heavy atom. The summed E-state index contributed by atoms with van der Waals surface area (Å²) in [7, 11) is 2.21. The maximum atomic E-state index is 14.1. The second-order valence-electron chi connectivity index (χ2n) is 7.53. The van der Waals surface area contributed by atoms with E-state index in [4.69, 9.17) is 9.57 Å². The Kier molecular flexibility index (Phi) is 5.47. The van der Waals surface area contributed by atoms with Crippen molar-refractivity contribution < 1.29 is 40.7 Å². The highest BCUT2D eigenvalue weighted by molar-refractivity contribution is 6.03. The molecule has 1 aromatic rings. The molecule has 170 valence electrons. The molecule has 1 aliphatic heterocycles. The van der Waals surface area contributed by atoms with E-state index in [2.05, 4.69) is 10.3 Å². The van der Waals surface area contributed by atoms with Crippen LogP contribution in [0, 0.1) is 5.92 Å². The fourth-order valence-electron chi connectivity index (χ4n) is 3.92. The SMILES string of the molecule is COC(=O)C1=C(C)C=C(C2=NOC(c3cc(C(F)(F)F)nn3C)(C(F)(F)F)C2)CC1C. The van der Waals surface area contributed by atoms with Gasteiger partial charge < -0.3 is 9.57 Å². The minimum atomic E-state index is -5.07. The first-order chi connectivity index (χ1) is 14.2. The zero-order valence-electron chi connectivity index (χ0n) is 17.0. The Morgan fingerprint density at radius 3 is 2.42 bits per heavy atom. The summed E-state index contributed by atoms with van der Waals surface area (Å²) in [5, 5.41) is 6.77. The molecule has 0 amide bonds. The van der Waals surface area contributed by atoms with E-state index in [0.717, 1.165) is 7.05 Å². The molecule has 12 heteroatoms. The van der Waals surface area contributed by atoms with Crippen LogP contribution in [0.15, 0.2) is 34.0 Å². The minimum Gasteiger partial charge on any atom is -0.466 e. The van der Waals surface area contributed by atoms with E-state index in [9.17, 15) is 31.1 Å². The van der Waals surface area contributed by atoms with Crippen LogP contribution in [0.2, 0.25) is 0 Å². The number of nitrogens with zero attached hydrogens (tertiary/aromatic N) is 3. The fourth-order valence-corrected chi connectivity index (χ4v) is 3.92. The van der Waals surface area contributed by atoms with Crippen LogP contribution in [-0.4, -0.2) is 34.7 Å². The van der Waals surface area contributed by atoms with Crippen LogP contribution >= 0.6 is 0 Å². The van der Waals surface area contributed by atoms with E-state index in [-0.39, 0.29) is 18.1 Å². The lowest BCUT2D eigenvalue weighted by Gasteiger charge is -2.29. The van der Waals surface area contributed by atoms with Crippen LogP contribution in [0.1, 0.15) is 38.1 Å². The largest absolute Gasteiger partial charge is 0.466 e. The summed E-state index contributed by atoms with van der Waals surface area (Å²) in [4.78, 5) is 16.8. The lowest BCUT2D eigenvalue weighted by atomic mass is 9.80. The zero-order chi connectivity index (χ0) is 23.4. The topological polar surface area (TPSA) is 65.7 Å². The van der Waals surface area contributed by atoms with Gasteiger partial charge in [0.15, 0.2) is 5.69 Å². The third kappa shape index (κ3) is 3.83. The number of alkyl halides is 6. The summed E-state index contributed by atoms with van der Waals surface area (Å²) in [6, 6.07) is 0.324. The van der Waals surface area contributed by atoms with Crippen molar-refractivity contribution >= 4 is 11.7 Å². The highest BCUT2D eigenvalue weighted by atomic mass is 19.4. The van der Waals surface area contributed by atoms with Gasteiger partial charge in [-0.25, -0.2) is 4.79 Å². The number of ether oxygens (including phenoxy) is 1. The lowest BCUT2D eigenvalue weighted by Crippen LogP contribution is -2.44. The first-order valence-electron chi connectivity index (χ1n) is 9.14. The smallest absolute Gasteiger partial charge is 0.437 e. The molecule has 0 aromatic carbocycles. The second kappa shape index (κ2) is 7.41. The van der Waals surface area contributed by atoms with Crippen LogP contribution in [0.3, 0.4) is 0 Å². The highest BCUT2D eigenvalue weighted by Gasteiger charge is 2.64. The number of hydrogen-bond donors (Lipinski definition) is 0. The maximum Gasteiger partial charge on any atom is 0.437 e. The monoisotopic (exact) mass is 451 g/mol. The summed E-state index contributed by atoms with van der Waals surface area (Å²) in [5.41, 5.74) is -4.13. The molecule has 2 atom stereocenters. The number of hydrogen-bond acceptors (Lipinski definition) is 5. The van der Waals surface area contributed by atoms with Crippen LogP contribution < -0.4 is 0 Å². The van der Waals surface area contributed by atoms with Gasteiger partial charge in [0.25, 0.3) is 5.60 Å². The summed E-state index contributed by atoms with van der Waals surface area (Å²) in [6.45, 7) is 3.33. The predicted octanol–water partition coefficient (Wildman–Crippen LogP) is 4.43. The summed E-state index contributed by atoms with van der Waals surface area (Å²) >= 11 is 0. The van der Waals surface area contributed by atoms with Crippen molar-refractivity contribution in [2.45, 2.75) is 44.6 Å². The number of oxime groups is 1. The molecule has 1 aromatic heterocycles. The molecular weight excluding hydrogens is 432 g/mol. The van der Waals surface area contributed by atoms with Gasteiger partial charge in [-0.15, -0.1) is 0 Å². The second-order valence-corrected chi connectivity index (χ2v) is 7.53. The number of esters is 1. The zero-order valence-corrected chi connectivity index (χ0v) is 17.0. The van der Waals surface area contributed by atoms with E-state index in [0.29, 0.717) is 27.5 Å². The number of carbonyl (C=O) groups excluding carboxylic acids is 1. The standard InChI is InChI=1S/C19H19F6N3O3/c1-9-5-11(6-10(2)15(9)16(29)30-4)12-8-17(31-27-12,19(23,24)25)14-7-13(18(20,21)22)26-28(14)3/h5,7,10H,6,8H2,1-4H3. The maximum absolute atomic E-state index is 14.1. The number of carbonyl (C=O) groups is 1. The van der Waals surface area contributed by atoms with Crippen molar-refractivity contribution in [2.75, 3.05) is 7.11 Å². The van der Waals surface area contributed by atoms with Gasteiger partial charge in [0.2, 0.25) is 0 Å². The minimum absolute atomic E-state index is 0.0535. The molecule has 0 radical (unpaired) electrons. The molecule has 2 heterocycles. The normalized spacial score (nSPS) is 24.6. The lowest BCUT2D eigenvalue weighted by molar-refractivity contribution is -0.278. The Morgan fingerprint density at radius 1 is 1.29 bits per heavy atom. The molecule has 0 fully saturated rings. The molecule has 0 bridgehead atoms. The molecule has 3 rings (SSSR count).